The van der Waals surface area contributed by atoms with Crippen LogP contribution in [0.25, 0.3) is 5.57 Å². The number of anilines is 2. The molecule has 32 heavy (non-hydrogen) atoms. The summed E-state index contributed by atoms with van der Waals surface area (Å²) in [4.78, 5) is 28.2. The van der Waals surface area contributed by atoms with Crippen LogP contribution >= 0.6 is 0 Å². The van der Waals surface area contributed by atoms with Crippen molar-refractivity contribution in [3.05, 3.63) is 99.7 Å². The third-order valence-corrected chi connectivity index (χ3v) is 5.63. The largest absolute Gasteiger partial charge is 0.350 e. The molecule has 0 atom stereocenters. The van der Waals surface area contributed by atoms with Gasteiger partial charge in [0.15, 0.2) is 0 Å². The first-order chi connectivity index (χ1) is 15.3. The lowest BCUT2D eigenvalue weighted by atomic mass is 9.99. The smallest absolute Gasteiger partial charge is 0.282 e. The molecule has 2 amide bonds. The highest BCUT2D eigenvalue weighted by Gasteiger charge is 2.40. The van der Waals surface area contributed by atoms with Gasteiger partial charge in [-0.2, -0.15) is 5.26 Å². The molecule has 1 aliphatic heterocycles. The molecule has 0 aromatic heterocycles. The lowest BCUT2D eigenvalue weighted by Crippen LogP contribution is -2.32. The minimum Gasteiger partial charge on any atom is -0.350 e. The first-order valence-electron chi connectivity index (χ1n) is 10.3. The molecular weight excluding hydrogens is 398 g/mol. The fourth-order valence-corrected chi connectivity index (χ4v) is 3.92. The Morgan fingerprint density at radius 3 is 2.03 bits per heavy atom. The second-order valence-electron chi connectivity index (χ2n) is 8.15. The Balaban J connectivity index is 1.84. The summed E-state index contributed by atoms with van der Waals surface area (Å²) in [6.07, 6.45) is 0. The van der Waals surface area contributed by atoms with Gasteiger partial charge in [0, 0.05) is 5.69 Å². The molecule has 0 aliphatic carbocycles. The number of rotatable bonds is 4. The number of aryl methyl sites for hydroxylation is 4. The normalized spacial score (nSPS) is 13.5. The fraction of sp³-hybridized carbons (Fsp3) is 0.148. The topological polar surface area (TPSA) is 73.2 Å². The van der Waals surface area contributed by atoms with Crippen LogP contribution in [0.3, 0.4) is 0 Å². The van der Waals surface area contributed by atoms with Gasteiger partial charge in [-0.1, -0.05) is 24.3 Å². The van der Waals surface area contributed by atoms with E-state index in [0.29, 0.717) is 22.4 Å². The minimum absolute atomic E-state index is 0.243. The van der Waals surface area contributed by atoms with Crippen LogP contribution in [0, 0.1) is 39.0 Å². The van der Waals surface area contributed by atoms with Gasteiger partial charge in [-0.25, -0.2) is 4.90 Å². The van der Waals surface area contributed by atoms with E-state index in [2.05, 4.69) is 17.5 Å². The van der Waals surface area contributed by atoms with Gasteiger partial charge in [0.1, 0.15) is 5.70 Å². The summed E-state index contributed by atoms with van der Waals surface area (Å²) in [6, 6.07) is 20.2. The quantitative estimate of drug-likeness (QED) is 0.589. The van der Waals surface area contributed by atoms with Crippen LogP contribution in [0.5, 0.6) is 0 Å². The van der Waals surface area contributed by atoms with E-state index in [-0.39, 0.29) is 5.70 Å². The summed E-state index contributed by atoms with van der Waals surface area (Å²) in [7, 11) is 0. The van der Waals surface area contributed by atoms with E-state index in [1.54, 1.807) is 24.3 Å². The Hall–Kier alpha value is -4.17. The molecule has 0 bridgehead atoms. The molecule has 0 spiro atoms. The van der Waals surface area contributed by atoms with Crippen LogP contribution in [0.2, 0.25) is 0 Å². The second-order valence-corrected chi connectivity index (χ2v) is 8.15. The SMILES string of the molecule is Cc1cc(C)cc(NC2=C(c3ccc(C)c(C)c3)C(=O)N(c3ccc(C#N)cc3)C2=O)c1. The molecule has 3 aromatic rings. The van der Waals surface area contributed by atoms with E-state index in [1.165, 1.54) is 0 Å². The van der Waals surface area contributed by atoms with Crippen molar-refractivity contribution in [2.75, 3.05) is 10.2 Å². The van der Waals surface area contributed by atoms with E-state index >= 15 is 0 Å². The standard InChI is InChI=1S/C27H23N3O2/c1-16-11-17(2)13-22(12-16)29-25-24(21-8-5-18(3)19(4)14-21)26(31)30(27(25)32)23-9-6-20(15-28)7-10-23/h5-14,29H,1-4H3. The molecule has 0 radical (unpaired) electrons. The molecule has 0 unspecified atom stereocenters. The summed E-state index contributed by atoms with van der Waals surface area (Å²) in [5.41, 5.74) is 7.17. The molecule has 0 saturated carbocycles. The highest BCUT2D eigenvalue weighted by molar-refractivity contribution is 6.46. The minimum atomic E-state index is -0.424. The number of hydrogen-bond acceptors (Lipinski definition) is 4. The Labute approximate surface area is 187 Å². The molecule has 1 aliphatic rings. The number of nitrogens with one attached hydrogen (secondary N) is 1. The van der Waals surface area contributed by atoms with Crippen LogP contribution < -0.4 is 10.2 Å². The Morgan fingerprint density at radius 1 is 0.781 bits per heavy atom. The third kappa shape index (κ3) is 3.79. The summed E-state index contributed by atoms with van der Waals surface area (Å²) < 4.78 is 0. The predicted molar refractivity (Wildman–Crippen MR) is 126 cm³/mol. The first kappa shape index (κ1) is 21.1. The number of nitriles is 1. The zero-order chi connectivity index (χ0) is 23.0. The number of imide groups is 1. The van der Waals surface area contributed by atoms with E-state index < -0.39 is 11.8 Å². The van der Waals surface area contributed by atoms with Crippen molar-refractivity contribution in [2.45, 2.75) is 27.7 Å². The molecule has 1 heterocycles. The molecule has 158 valence electrons. The van der Waals surface area contributed by atoms with Crippen molar-refractivity contribution in [3.63, 3.8) is 0 Å². The number of amides is 2. The molecule has 3 aromatic carbocycles. The molecule has 4 rings (SSSR count). The van der Waals surface area contributed by atoms with Crippen molar-refractivity contribution >= 4 is 28.8 Å². The van der Waals surface area contributed by atoms with Gasteiger partial charge in [0.2, 0.25) is 0 Å². The maximum Gasteiger partial charge on any atom is 0.282 e. The summed E-state index contributed by atoms with van der Waals surface area (Å²) in [6.45, 7) is 7.96. The van der Waals surface area contributed by atoms with Crippen LogP contribution in [-0.2, 0) is 9.59 Å². The van der Waals surface area contributed by atoms with Crippen molar-refractivity contribution in [3.8, 4) is 6.07 Å². The summed E-state index contributed by atoms with van der Waals surface area (Å²) in [5.74, 6) is -0.818. The number of carbonyl (C=O) groups is 2. The highest BCUT2D eigenvalue weighted by atomic mass is 16.2. The predicted octanol–water partition coefficient (Wildman–Crippen LogP) is 5.19. The number of carbonyl (C=O) groups excluding carboxylic acids is 2. The van der Waals surface area contributed by atoms with Crippen molar-refractivity contribution in [1.29, 1.82) is 5.26 Å². The highest BCUT2D eigenvalue weighted by Crippen LogP contribution is 2.34. The van der Waals surface area contributed by atoms with E-state index in [0.717, 1.165) is 32.8 Å². The number of benzene rings is 3. The van der Waals surface area contributed by atoms with Gasteiger partial charge in [0.05, 0.1) is 22.9 Å². The molecule has 0 fully saturated rings. The number of hydrogen-bond donors (Lipinski definition) is 1. The lowest BCUT2D eigenvalue weighted by molar-refractivity contribution is -0.120. The first-order valence-corrected chi connectivity index (χ1v) is 10.3. The fourth-order valence-electron chi connectivity index (χ4n) is 3.92. The molecule has 5 nitrogen and oxygen atoms in total. The van der Waals surface area contributed by atoms with E-state index in [9.17, 15) is 9.59 Å². The summed E-state index contributed by atoms with van der Waals surface area (Å²) >= 11 is 0. The molecule has 5 heteroatoms. The van der Waals surface area contributed by atoms with Crippen molar-refractivity contribution < 1.29 is 9.59 Å². The van der Waals surface area contributed by atoms with Crippen LogP contribution in [0.4, 0.5) is 11.4 Å². The third-order valence-electron chi connectivity index (χ3n) is 5.63. The van der Waals surface area contributed by atoms with Gasteiger partial charge in [0.25, 0.3) is 11.8 Å². The Bertz CT molecular complexity index is 1310. The van der Waals surface area contributed by atoms with Crippen LogP contribution in [-0.4, -0.2) is 11.8 Å². The van der Waals surface area contributed by atoms with Crippen molar-refractivity contribution in [1.82, 2.24) is 0 Å². The van der Waals surface area contributed by atoms with Gasteiger partial charge >= 0.3 is 0 Å². The van der Waals surface area contributed by atoms with Crippen LogP contribution in [0.1, 0.15) is 33.4 Å². The molecular formula is C27H23N3O2. The lowest BCUT2D eigenvalue weighted by Gasteiger charge is -2.15. The number of nitrogens with zero attached hydrogens (tertiary/aromatic N) is 2. The van der Waals surface area contributed by atoms with Gasteiger partial charge < -0.3 is 5.32 Å². The average Bonchev–Trinajstić information content (AvgIpc) is 2.99. The van der Waals surface area contributed by atoms with Gasteiger partial charge in [-0.15, -0.1) is 0 Å². The average molecular weight is 422 g/mol. The zero-order valence-corrected chi connectivity index (χ0v) is 18.5. The molecule has 0 saturated heterocycles. The van der Waals surface area contributed by atoms with E-state index in [4.69, 9.17) is 5.26 Å². The Kier molecular flexibility index (Phi) is 5.38. The second kappa shape index (κ2) is 8.16. The maximum atomic E-state index is 13.5. The maximum absolute atomic E-state index is 13.5. The Morgan fingerprint density at radius 2 is 1.44 bits per heavy atom. The van der Waals surface area contributed by atoms with Gasteiger partial charge in [-0.3, -0.25) is 9.59 Å². The van der Waals surface area contributed by atoms with Crippen LogP contribution in [0.15, 0.2) is 66.4 Å². The monoisotopic (exact) mass is 421 g/mol. The zero-order valence-electron chi connectivity index (χ0n) is 18.5. The summed E-state index contributed by atoms with van der Waals surface area (Å²) in [5, 5.41) is 12.3. The van der Waals surface area contributed by atoms with E-state index in [1.807, 2.05) is 58.0 Å². The van der Waals surface area contributed by atoms with Gasteiger partial charge in [-0.05, 0) is 91.9 Å². The molecule has 1 N–H and O–H groups in total. The van der Waals surface area contributed by atoms with Crippen molar-refractivity contribution in [2.24, 2.45) is 0 Å².